The van der Waals surface area contributed by atoms with Gasteiger partial charge in [-0.05, 0) is 49.7 Å². The molecule has 0 saturated carbocycles. The van der Waals surface area contributed by atoms with E-state index in [4.69, 9.17) is 19.6 Å². The number of aryl methyl sites for hydroxylation is 2. The molecule has 6 nitrogen and oxygen atoms in total. The smallest absolute Gasteiger partial charge is 0.338 e. The van der Waals surface area contributed by atoms with E-state index in [1.165, 1.54) is 7.11 Å². The van der Waals surface area contributed by atoms with Crippen molar-refractivity contribution < 1.29 is 14.3 Å². The highest BCUT2D eigenvalue weighted by molar-refractivity contribution is 6.04. The number of benzene rings is 3. The highest BCUT2D eigenvalue weighted by atomic mass is 16.5. The second-order valence-corrected chi connectivity index (χ2v) is 8.41. The number of carbonyl (C=O) groups excluding carboxylic acids is 1. The standard InChI is InChI=1S/C29H25N3O3/c1-19-9-13-22(14-10-19)26-17-25(29(33)34-3)27-20(2)32(31-28(27)30-26)18-21-11-15-24(16-12-21)35-23-7-5-4-6-8-23/h4-17H,18H2,1-3H3. The van der Waals surface area contributed by atoms with Crippen molar-refractivity contribution in [1.82, 2.24) is 14.8 Å². The number of hydrogen-bond donors (Lipinski definition) is 0. The molecule has 0 bridgehead atoms. The Morgan fingerprint density at radius 1 is 0.886 bits per heavy atom. The first-order valence-corrected chi connectivity index (χ1v) is 11.4. The Morgan fingerprint density at radius 3 is 2.26 bits per heavy atom. The molecule has 2 heterocycles. The highest BCUT2D eigenvalue weighted by Gasteiger charge is 2.20. The van der Waals surface area contributed by atoms with E-state index in [0.29, 0.717) is 28.8 Å². The van der Waals surface area contributed by atoms with Crippen LogP contribution in [0.4, 0.5) is 0 Å². The van der Waals surface area contributed by atoms with Gasteiger partial charge in [-0.15, -0.1) is 0 Å². The van der Waals surface area contributed by atoms with E-state index >= 15 is 0 Å². The van der Waals surface area contributed by atoms with Gasteiger partial charge in [-0.2, -0.15) is 5.10 Å². The lowest BCUT2D eigenvalue weighted by atomic mass is 10.0. The van der Waals surface area contributed by atoms with Crippen molar-refractivity contribution >= 4 is 17.0 Å². The molecule has 6 heteroatoms. The van der Waals surface area contributed by atoms with Crippen LogP contribution in [0.2, 0.25) is 0 Å². The third kappa shape index (κ3) is 4.64. The number of carbonyl (C=O) groups is 1. The molecule has 0 radical (unpaired) electrons. The number of aromatic nitrogens is 3. The number of hydrogen-bond acceptors (Lipinski definition) is 5. The minimum Gasteiger partial charge on any atom is -0.465 e. The molecule has 0 unspecified atom stereocenters. The molecule has 0 amide bonds. The largest absolute Gasteiger partial charge is 0.465 e. The van der Waals surface area contributed by atoms with Crippen molar-refractivity contribution in [1.29, 1.82) is 0 Å². The molecular formula is C29H25N3O3. The van der Waals surface area contributed by atoms with Crippen molar-refractivity contribution in [2.45, 2.75) is 20.4 Å². The van der Waals surface area contributed by atoms with Crippen molar-refractivity contribution in [3.63, 3.8) is 0 Å². The summed E-state index contributed by atoms with van der Waals surface area (Å²) in [6, 6.07) is 27.4. The Labute approximate surface area is 203 Å². The Balaban J connectivity index is 1.48. The van der Waals surface area contributed by atoms with Gasteiger partial charge in [0.25, 0.3) is 0 Å². The lowest BCUT2D eigenvalue weighted by molar-refractivity contribution is 0.0603. The fourth-order valence-electron chi connectivity index (χ4n) is 4.04. The molecule has 0 aliphatic heterocycles. The Bertz CT molecular complexity index is 1490. The third-order valence-corrected chi connectivity index (χ3v) is 5.95. The minimum absolute atomic E-state index is 0.407. The van der Waals surface area contributed by atoms with Crippen LogP contribution in [-0.4, -0.2) is 27.8 Å². The number of methoxy groups -OCH3 is 1. The molecule has 5 aromatic rings. The van der Waals surface area contributed by atoms with Crippen LogP contribution in [0.15, 0.2) is 84.9 Å². The maximum atomic E-state index is 12.7. The van der Waals surface area contributed by atoms with Gasteiger partial charge in [0.2, 0.25) is 0 Å². The maximum Gasteiger partial charge on any atom is 0.338 e. The first-order valence-electron chi connectivity index (χ1n) is 11.4. The van der Waals surface area contributed by atoms with Crippen molar-refractivity contribution in [3.8, 4) is 22.8 Å². The average Bonchev–Trinajstić information content (AvgIpc) is 3.20. The van der Waals surface area contributed by atoms with Gasteiger partial charge >= 0.3 is 5.97 Å². The molecule has 0 atom stereocenters. The second-order valence-electron chi connectivity index (χ2n) is 8.41. The van der Waals surface area contributed by atoms with Gasteiger partial charge in [0.1, 0.15) is 11.5 Å². The molecule has 0 aliphatic rings. The number of para-hydroxylation sites is 1. The summed E-state index contributed by atoms with van der Waals surface area (Å²) in [5, 5.41) is 5.45. The average molecular weight is 464 g/mol. The van der Waals surface area contributed by atoms with Crippen LogP contribution in [0.25, 0.3) is 22.3 Å². The van der Waals surface area contributed by atoms with E-state index in [0.717, 1.165) is 33.9 Å². The van der Waals surface area contributed by atoms with E-state index in [2.05, 4.69) is 0 Å². The summed E-state index contributed by atoms with van der Waals surface area (Å²) in [7, 11) is 1.39. The highest BCUT2D eigenvalue weighted by Crippen LogP contribution is 2.28. The Hall–Kier alpha value is -4.45. The SMILES string of the molecule is COC(=O)c1cc(-c2ccc(C)cc2)nc2nn(Cc3ccc(Oc4ccccc4)cc3)c(C)c12. The quantitative estimate of drug-likeness (QED) is 0.275. The van der Waals surface area contributed by atoms with E-state index in [-0.39, 0.29) is 0 Å². The number of pyridine rings is 1. The van der Waals surface area contributed by atoms with Crippen LogP contribution in [0.1, 0.15) is 27.2 Å². The fourth-order valence-corrected chi connectivity index (χ4v) is 4.04. The molecule has 5 rings (SSSR count). The van der Waals surface area contributed by atoms with Crippen LogP contribution in [-0.2, 0) is 11.3 Å². The number of nitrogens with zero attached hydrogens (tertiary/aromatic N) is 3. The topological polar surface area (TPSA) is 66.2 Å². The summed E-state index contributed by atoms with van der Waals surface area (Å²) in [6.45, 7) is 4.52. The minimum atomic E-state index is -0.407. The fraction of sp³-hybridized carbons (Fsp3) is 0.138. The van der Waals surface area contributed by atoms with Crippen LogP contribution in [0, 0.1) is 13.8 Å². The lowest BCUT2D eigenvalue weighted by Gasteiger charge is -2.08. The van der Waals surface area contributed by atoms with Gasteiger partial charge < -0.3 is 9.47 Å². The Kier molecular flexibility index (Phi) is 6.02. The summed E-state index contributed by atoms with van der Waals surface area (Å²) < 4.78 is 12.8. The second kappa shape index (κ2) is 9.43. The lowest BCUT2D eigenvalue weighted by Crippen LogP contribution is -2.05. The van der Waals surface area contributed by atoms with Crippen molar-refractivity contribution in [2.24, 2.45) is 0 Å². The first-order chi connectivity index (χ1) is 17.0. The summed E-state index contributed by atoms with van der Waals surface area (Å²) in [5.41, 5.74) is 5.65. The summed E-state index contributed by atoms with van der Waals surface area (Å²) in [5.74, 6) is 1.15. The first kappa shape index (κ1) is 22.3. The van der Waals surface area contributed by atoms with Crippen molar-refractivity contribution in [3.05, 3.63) is 107 Å². The van der Waals surface area contributed by atoms with Gasteiger partial charge in [-0.1, -0.05) is 60.2 Å². The summed E-state index contributed by atoms with van der Waals surface area (Å²) in [4.78, 5) is 17.4. The molecule has 0 aliphatic carbocycles. The normalized spacial score (nSPS) is 10.9. The van der Waals surface area contributed by atoms with Gasteiger partial charge in [-0.25, -0.2) is 9.78 Å². The van der Waals surface area contributed by atoms with Gasteiger partial charge in [0.15, 0.2) is 5.65 Å². The molecule has 0 spiro atoms. The molecule has 0 fully saturated rings. The van der Waals surface area contributed by atoms with Gasteiger partial charge in [-0.3, -0.25) is 4.68 Å². The van der Waals surface area contributed by atoms with E-state index in [1.807, 2.05) is 97.4 Å². The number of rotatable bonds is 6. The van der Waals surface area contributed by atoms with Crippen LogP contribution < -0.4 is 4.74 Å². The molecule has 174 valence electrons. The van der Waals surface area contributed by atoms with Gasteiger partial charge in [0, 0.05) is 11.3 Å². The van der Waals surface area contributed by atoms with E-state index in [1.54, 1.807) is 6.07 Å². The zero-order chi connectivity index (χ0) is 24.4. The van der Waals surface area contributed by atoms with E-state index in [9.17, 15) is 4.79 Å². The zero-order valence-corrected chi connectivity index (χ0v) is 19.9. The summed E-state index contributed by atoms with van der Waals surface area (Å²) in [6.07, 6.45) is 0. The maximum absolute atomic E-state index is 12.7. The van der Waals surface area contributed by atoms with Gasteiger partial charge in [0.05, 0.1) is 30.3 Å². The molecule has 0 N–H and O–H groups in total. The molecular weight excluding hydrogens is 438 g/mol. The van der Waals surface area contributed by atoms with E-state index < -0.39 is 5.97 Å². The molecule has 0 saturated heterocycles. The summed E-state index contributed by atoms with van der Waals surface area (Å²) >= 11 is 0. The number of fused-ring (bicyclic) bond motifs is 1. The predicted molar refractivity (Wildman–Crippen MR) is 136 cm³/mol. The zero-order valence-electron chi connectivity index (χ0n) is 19.9. The molecule has 2 aromatic heterocycles. The monoisotopic (exact) mass is 463 g/mol. The predicted octanol–water partition coefficient (Wildman–Crippen LogP) is 6.34. The number of esters is 1. The van der Waals surface area contributed by atoms with Crippen LogP contribution in [0.5, 0.6) is 11.5 Å². The number of ether oxygens (including phenoxy) is 2. The molecule has 35 heavy (non-hydrogen) atoms. The van der Waals surface area contributed by atoms with Crippen LogP contribution >= 0.6 is 0 Å². The Morgan fingerprint density at radius 2 is 1.57 bits per heavy atom. The van der Waals surface area contributed by atoms with Crippen LogP contribution in [0.3, 0.4) is 0 Å². The third-order valence-electron chi connectivity index (χ3n) is 5.95. The molecule has 3 aromatic carbocycles. The van der Waals surface area contributed by atoms with Crippen molar-refractivity contribution in [2.75, 3.05) is 7.11 Å².